The standard InChI is InChI=1S/C24H23ClN6O3/c25-19-3-1-4-20(13-19)34-12-10-27-23(32)21-16-31(29-22(21)26)15-18-7-5-17(6-8-18)14-30-11-2-9-28-24(30)33/h1-9,11,13,16H,10,12,14-15H2,(H2,26,29)(H,27,32). The van der Waals surface area contributed by atoms with Crippen LogP contribution < -0.4 is 21.5 Å². The van der Waals surface area contributed by atoms with Gasteiger partial charge >= 0.3 is 5.69 Å². The second-order valence-corrected chi connectivity index (χ2v) is 7.97. The number of hydrogen-bond donors (Lipinski definition) is 2. The van der Waals surface area contributed by atoms with Crippen molar-refractivity contribution in [2.45, 2.75) is 13.1 Å². The molecule has 10 heteroatoms. The molecule has 0 saturated heterocycles. The number of amides is 1. The lowest BCUT2D eigenvalue weighted by Gasteiger charge is -2.07. The molecular formula is C24H23ClN6O3. The Labute approximate surface area is 200 Å². The summed E-state index contributed by atoms with van der Waals surface area (Å²) in [5, 5.41) is 7.61. The van der Waals surface area contributed by atoms with Crippen molar-refractivity contribution in [3.63, 3.8) is 0 Å². The van der Waals surface area contributed by atoms with Gasteiger partial charge < -0.3 is 15.8 Å². The lowest BCUT2D eigenvalue weighted by Crippen LogP contribution is -2.28. The van der Waals surface area contributed by atoms with Gasteiger partial charge in [-0.05, 0) is 35.4 Å². The normalized spacial score (nSPS) is 10.7. The van der Waals surface area contributed by atoms with Crippen molar-refractivity contribution in [3.05, 3.63) is 105 Å². The summed E-state index contributed by atoms with van der Waals surface area (Å²) in [6.45, 7) is 1.48. The fourth-order valence-electron chi connectivity index (χ4n) is 3.32. The Hall–Kier alpha value is -4.11. The molecule has 3 N–H and O–H groups in total. The number of halogens is 1. The van der Waals surface area contributed by atoms with E-state index in [1.165, 1.54) is 10.8 Å². The van der Waals surface area contributed by atoms with Gasteiger partial charge in [0.05, 0.1) is 19.6 Å². The maximum absolute atomic E-state index is 12.5. The first-order chi connectivity index (χ1) is 16.5. The van der Waals surface area contributed by atoms with Gasteiger partial charge in [-0.25, -0.2) is 9.78 Å². The van der Waals surface area contributed by atoms with E-state index < -0.39 is 0 Å². The molecule has 0 saturated carbocycles. The van der Waals surface area contributed by atoms with Crippen LogP contribution in [0.2, 0.25) is 5.02 Å². The van der Waals surface area contributed by atoms with Crippen molar-refractivity contribution in [1.29, 1.82) is 0 Å². The zero-order valence-electron chi connectivity index (χ0n) is 18.2. The molecule has 0 fully saturated rings. The lowest BCUT2D eigenvalue weighted by atomic mass is 10.1. The third-order valence-electron chi connectivity index (χ3n) is 4.99. The average molecular weight is 479 g/mol. The van der Waals surface area contributed by atoms with Gasteiger partial charge in [0.1, 0.15) is 17.9 Å². The molecule has 0 aliphatic rings. The third-order valence-corrected chi connectivity index (χ3v) is 5.23. The van der Waals surface area contributed by atoms with Crippen LogP contribution in [0.5, 0.6) is 5.75 Å². The maximum Gasteiger partial charge on any atom is 0.347 e. The second kappa shape index (κ2) is 10.7. The molecule has 174 valence electrons. The molecular weight excluding hydrogens is 456 g/mol. The highest BCUT2D eigenvalue weighted by Gasteiger charge is 2.14. The average Bonchev–Trinajstić information content (AvgIpc) is 3.19. The zero-order chi connectivity index (χ0) is 23.9. The number of carbonyl (C=O) groups excluding carboxylic acids is 1. The summed E-state index contributed by atoms with van der Waals surface area (Å²) >= 11 is 5.92. The molecule has 9 nitrogen and oxygen atoms in total. The highest BCUT2D eigenvalue weighted by molar-refractivity contribution is 6.30. The Morgan fingerprint density at radius 1 is 1.09 bits per heavy atom. The van der Waals surface area contributed by atoms with E-state index in [1.807, 2.05) is 24.3 Å². The smallest absolute Gasteiger partial charge is 0.347 e. The minimum atomic E-state index is -0.323. The Morgan fingerprint density at radius 3 is 2.59 bits per heavy atom. The van der Waals surface area contributed by atoms with Crippen LogP contribution >= 0.6 is 11.6 Å². The fourth-order valence-corrected chi connectivity index (χ4v) is 3.50. The molecule has 0 aliphatic carbocycles. The molecule has 0 spiro atoms. The van der Waals surface area contributed by atoms with Gasteiger partial charge in [-0.3, -0.25) is 14.0 Å². The molecule has 4 aromatic rings. The van der Waals surface area contributed by atoms with E-state index in [9.17, 15) is 9.59 Å². The summed E-state index contributed by atoms with van der Waals surface area (Å²) in [5.41, 5.74) is 7.91. The Morgan fingerprint density at radius 2 is 1.85 bits per heavy atom. The fraction of sp³-hybridized carbons (Fsp3) is 0.167. The Kier molecular flexibility index (Phi) is 7.24. The number of benzene rings is 2. The molecule has 2 aromatic heterocycles. The maximum atomic E-state index is 12.5. The number of nitrogens with two attached hydrogens (primary N) is 1. The van der Waals surface area contributed by atoms with Crippen molar-refractivity contribution in [1.82, 2.24) is 24.6 Å². The molecule has 34 heavy (non-hydrogen) atoms. The number of carbonyl (C=O) groups is 1. The first kappa shape index (κ1) is 23.1. The van der Waals surface area contributed by atoms with Crippen LogP contribution in [0.3, 0.4) is 0 Å². The highest BCUT2D eigenvalue weighted by atomic mass is 35.5. The minimum absolute atomic E-state index is 0.154. The van der Waals surface area contributed by atoms with E-state index in [-0.39, 0.29) is 24.0 Å². The van der Waals surface area contributed by atoms with Crippen molar-refractivity contribution in [3.8, 4) is 5.75 Å². The van der Waals surface area contributed by atoms with Gasteiger partial charge in [0, 0.05) is 23.6 Å². The van der Waals surface area contributed by atoms with Crippen molar-refractivity contribution >= 4 is 23.3 Å². The third kappa shape index (κ3) is 6.02. The van der Waals surface area contributed by atoms with E-state index in [2.05, 4.69) is 15.4 Å². The molecule has 0 radical (unpaired) electrons. The number of nitrogens with zero attached hydrogens (tertiary/aromatic N) is 4. The van der Waals surface area contributed by atoms with Gasteiger partial charge in [-0.1, -0.05) is 41.9 Å². The molecule has 0 unspecified atom stereocenters. The van der Waals surface area contributed by atoms with Crippen molar-refractivity contribution in [2.24, 2.45) is 0 Å². The monoisotopic (exact) mass is 478 g/mol. The predicted molar refractivity (Wildman–Crippen MR) is 129 cm³/mol. The largest absolute Gasteiger partial charge is 0.492 e. The summed E-state index contributed by atoms with van der Waals surface area (Å²) in [6, 6.07) is 16.5. The molecule has 0 bridgehead atoms. The summed E-state index contributed by atoms with van der Waals surface area (Å²) < 4.78 is 8.72. The second-order valence-electron chi connectivity index (χ2n) is 7.53. The van der Waals surface area contributed by atoms with E-state index in [1.54, 1.807) is 47.4 Å². The van der Waals surface area contributed by atoms with Crippen LogP contribution in [-0.4, -0.2) is 38.4 Å². The van der Waals surface area contributed by atoms with Gasteiger partial charge in [0.2, 0.25) is 0 Å². The Balaban J connectivity index is 1.30. The lowest BCUT2D eigenvalue weighted by molar-refractivity contribution is 0.0947. The molecule has 4 rings (SSSR count). The van der Waals surface area contributed by atoms with Gasteiger partial charge in [-0.15, -0.1) is 0 Å². The SMILES string of the molecule is Nc1nn(Cc2ccc(Cn3cccnc3=O)cc2)cc1C(=O)NCCOc1cccc(Cl)c1. The Bertz CT molecular complexity index is 1330. The van der Waals surface area contributed by atoms with Crippen molar-refractivity contribution < 1.29 is 9.53 Å². The minimum Gasteiger partial charge on any atom is -0.492 e. The van der Waals surface area contributed by atoms with Crippen LogP contribution in [-0.2, 0) is 13.1 Å². The summed E-state index contributed by atoms with van der Waals surface area (Å²) in [6.07, 6.45) is 4.79. The van der Waals surface area contributed by atoms with Gasteiger partial charge in [-0.2, -0.15) is 5.10 Å². The number of nitrogens with one attached hydrogen (secondary N) is 1. The first-order valence-electron chi connectivity index (χ1n) is 10.6. The topological polar surface area (TPSA) is 117 Å². The van der Waals surface area contributed by atoms with Crippen molar-refractivity contribution in [2.75, 3.05) is 18.9 Å². The summed E-state index contributed by atoms with van der Waals surface area (Å²) in [7, 11) is 0. The molecule has 0 aliphatic heterocycles. The van der Waals surface area contributed by atoms with Crippen LogP contribution in [0.15, 0.2) is 78.0 Å². The zero-order valence-corrected chi connectivity index (χ0v) is 19.0. The van der Waals surface area contributed by atoms with E-state index >= 15 is 0 Å². The highest BCUT2D eigenvalue weighted by Crippen LogP contribution is 2.17. The van der Waals surface area contributed by atoms with Crippen LogP contribution in [0.25, 0.3) is 0 Å². The van der Waals surface area contributed by atoms with E-state index in [4.69, 9.17) is 22.1 Å². The van der Waals surface area contributed by atoms with Gasteiger partial charge in [0.15, 0.2) is 5.82 Å². The van der Waals surface area contributed by atoms with Gasteiger partial charge in [0.25, 0.3) is 5.91 Å². The van der Waals surface area contributed by atoms with Crippen LogP contribution in [0.4, 0.5) is 5.82 Å². The van der Waals surface area contributed by atoms with E-state index in [0.717, 1.165) is 11.1 Å². The first-order valence-corrected chi connectivity index (χ1v) is 10.9. The van der Waals surface area contributed by atoms with Crippen LogP contribution in [0.1, 0.15) is 21.5 Å². The van der Waals surface area contributed by atoms with E-state index in [0.29, 0.717) is 36.0 Å². The number of nitrogen functional groups attached to an aromatic ring is 1. The molecule has 0 atom stereocenters. The number of rotatable bonds is 9. The quantitative estimate of drug-likeness (QED) is 0.357. The number of hydrogen-bond acceptors (Lipinski definition) is 6. The predicted octanol–water partition coefficient (Wildman–Crippen LogP) is 2.58. The number of aromatic nitrogens is 4. The molecule has 2 heterocycles. The summed E-state index contributed by atoms with van der Waals surface area (Å²) in [4.78, 5) is 28.0. The van der Waals surface area contributed by atoms with Crippen LogP contribution in [0, 0.1) is 0 Å². The number of ether oxygens (including phenoxy) is 1. The molecule has 1 amide bonds. The summed E-state index contributed by atoms with van der Waals surface area (Å²) in [5.74, 6) is 0.462. The molecule has 2 aromatic carbocycles. The number of anilines is 1.